The molecule has 28 radical (unpaired) electrons. The van der Waals surface area contributed by atoms with Crippen molar-refractivity contribution in [1.82, 2.24) is 20.4 Å². The summed E-state index contributed by atoms with van der Waals surface area (Å²) >= 11 is 0. The van der Waals surface area contributed by atoms with Crippen molar-refractivity contribution in [2.45, 2.75) is 30.3 Å². The number of nitrogens with two attached hydrogens (primary N) is 1. The lowest BCUT2D eigenvalue weighted by Gasteiger charge is -2.53. The molecule has 0 aliphatic rings. The first-order valence-electron chi connectivity index (χ1n) is 13.2. The van der Waals surface area contributed by atoms with Crippen LogP contribution in [-0.4, -0.2) is 143 Å². The lowest BCUT2D eigenvalue weighted by atomic mass is 9.21. The molecular weight excluding hydrogens is 590 g/mol. The Labute approximate surface area is 292 Å². The predicted octanol–water partition coefficient (Wildman–Crippen LogP) is -4.41. The summed E-state index contributed by atoms with van der Waals surface area (Å²) in [5, 5.41) is -2.34. The number of hydrogen-bond acceptors (Lipinski definition) is 8. The van der Waals surface area contributed by atoms with Gasteiger partial charge in [-0.2, -0.15) is 0 Å². The maximum atomic E-state index is 13.5. The first-order valence-corrected chi connectivity index (χ1v) is 14.7. The van der Waals surface area contributed by atoms with Crippen LogP contribution in [0.15, 0.2) is 58.1 Å². The minimum atomic E-state index is -4.83. The fourth-order valence-electron chi connectivity index (χ4n) is 4.67. The summed E-state index contributed by atoms with van der Waals surface area (Å²) in [5.74, 6) is -0.0969. The van der Waals surface area contributed by atoms with Crippen molar-refractivity contribution in [1.29, 1.82) is 0 Å². The van der Waals surface area contributed by atoms with Gasteiger partial charge in [-0.3, -0.25) is 0 Å². The van der Waals surface area contributed by atoms with Crippen LogP contribution in [0, 0.1) is 0 Å². The van der Waals surface area contributed by atoms with Crippen molar-refractivity contribution in [3.63, 3.8) is 0 Å². The average molecular weight is 601 g/mol. The largest absolute Gasteiger partial charge is 0.382 e. The molecule has 4 rings (SSSR count). The van der Waals surface area contributed by atoms with Crippen LogP contribution in [0.5, 0.6) is 0 Å². The number of rotatable bonds is 10. The molecule has 198 valence electrons. The molecule has 2 aromatic carbocycles. The fraction of sp³-hybridized carbons (Fsp3) is 0.208. The van der Waals surface area contributed by atoms with Gasteiger partial charge in [0, 0.05) is 10.2 Å². The zero-order valence-corrected chi connectivity index (χ0v) is 25.6. The Kier molecular flexibility index (Phi) is 9.77. The van der Waals surface area contributed by atoms with Crippen LogP contribution in [0.1, 0.15) is 5.56 Å². The van der Waals surface area contributed by atoms with E-state index in [1.165, 1.54) is 12.3 Å². The Hall–Kier alpha value is -2.65. The number of sulfone groups is 1. The number of nitrogens with zero attached hydrogens (tertiary/aromatic N) is 3. The molecule has 0 fully saturated rings. The van der Waals surface area contributed by atoms with E-state index in [2.05, 4.69) is 20.4 Å². The number of nitrogen functional groups attached to an aromatic ring is 1. The molecule has 0 saturated heterocycles. The smallest absolute Gasteiger partial charge is 0.182 e. The average Bonchev–Trinajstić information content (AvgIpc) is 3.31. The molecule has 0 amide bonds. The number of hydrogen-bond donors (Lipinski definition) is 2. The van der Waals surface area contributed by atoms with E-state index in [1.807, 2.05) is 0 Å². The van der Waals surface area contributed by atoms with Gasteiger partial charge in [0.05, 0.1) is 111 Å². The molecule has 0 aliphatic carbocycles. The van der Waals surface area contributed by atoms with Gasteiger partial charge in [0.1, 0.15) is 21.4 Å². The van der Waals surface area contributed by atoms with Crippen molar-refractivity contribution in [3.8, 4) is 34.0 Å². The van der Waals surface area contributed by atoms with E-state index in [1.54, 1.807) is 24.3 Å². The molecule has 4 aromatic rings. The van der Waals surface area contributed by atoms with Gasteiger partial charge in [-0.15, -0.1) is 10.2 Å². The molecule has 3 N–H and O–H groups in total. The van der Waals surface area contributed by atoms with E-state index in [0.717, 1.165) is 12.1 Å². The Morgan fingerprint density at radius 2 is 1.36 bits per heavy atom. The van der Waals surface area contributed by atoms with Gasteiger partial charge in [0.25, 0.3) is 0 Å². The van der Waals surface area contributed by atoms with Crippen molar-refractivity contribution < 1.29 is 12.9 Å². The molecule has 0 unspecified atom stereocenters. The highest BCUT2D eigenvalue weighted by Gasteiger charge is 2.53. The summed E-state index contributed by atoms with van der Waals surface area (Å²) in [6.07, 6.45) is 1.28. The summed E-state index contributed by atoms with van der Waals surface area (Å²) in [5.41, 5.74) is 7.52. The molecule has 47 heavy (non-hydrogen) atoms. The quantitative estimate of drug-likeness (QED) is 0.175. The summed E-state index contributed by atoms with van der Waals surface area (Å²) in [4.78, 5) is 8.14. The van der Waals surface area contributed by atoms with Crippen LogP contribution in [0.3, 0.4) is 0 Å². The second kappa shape index (κ2) is 12.3. The van der Waals surface area contributed by atoms with Gasteiger partial charge in [0.15, 0.2) is 27.1 Å². The molecule has 8 nitrogen and oxygen atoms in total. The van der Waals surface area contributed by atoms with Crippen molar-refractivity contribution in [3.05, 3.63) is 54.2 Å². The molecule has 0 atom stereocenters. The van der Waals surface area contributed by atoms with E-state index >= 15 is 0 Å². The third kappa shape index (κ3) is 6.94. The van der Waals surface area contributed by atoms with Crippen LogP contribution in [0.4, 0.5) is 5.82 Å². The van der Waals surface area contributed by atoms with Crippen molar-refractivity contribution >= 4 is 136 Å². The lowest BCUT2D eigenvalue weighted by Crippen LogP contribution is -2.60. The SMILES string of the molecule is [B]c1cc(S(=O)(=O)C([B])(C([B])([B])[B])C([B])([B])[B])ccc1-c1cnc(N)c(-c2onc(-c3ccc(C([B])([B])NC([B])([B])[B])cc3)c2[B])n1. The second-order valence-corrected chi connectivity index (χ2v) is 13.2. The third-order valence-electron chi connectivity index (χ3n) is 7.12. The van der Waals surface area contributed by atoms with E-state index in [-0.39, 0.29) is 45.1 Å². The highest BCUT2D eigenvalue weighted by molar-refractivity contribution is 7.94. The van der Waals surface area contributed by atoms with Gasteiger partial charge < -0.3 is 15.6 Å². The zero-order chi connectivity index (χ0) is 35.5. The highest BCUT2D eigenvalue weighted by Crippen LogP contribution is 2.48. The van der Waals surface area contributed by atoms with Crippen LogP contribution in [-0.2, 0) is 15.2 Å². The van der Waals surface area contributed by atoms with E-state index in [4.69, 9.17) is 120 Å². The topological polar surface area (TPSA) is 124 Å². The second-order valence-electron chi connectivity index (χ2n) is 11.1. The van der Waals surface area contributed by atoms with Crippen LogP contribution in [0.2, 0.25) is 10.2 Å². The Balaban J connectivity index is 1.71. The lowest BCUT2D eigenvalue weighted by molar-refractivity contribution is 0.434. The minimum Gasteiger partial charge on any atom is -0.382 e. The van der Waals surface area contributed by atoms with Gasteiger partial charge in [-0.25, -0.2) is 18.4 Å². The van der Waals surface area contributed by atoms with Gasteiger partial charge >= 0.3 is 0 Å². The van der Waals surface area contributed by atoms with Crippen LogP contribution < -0.4 is 22.0 Å². The maximum Gasteiger partial charge on any atom is 0.182 e. The summed E-state index contributed by atoms with van der Waals surface area (Å²) < 4.78 is 29.6. The first kappa shape index (κ1) is 37.2. The zero-order valence-electron chi connectivity index (χ0n) is 24.8. The molecule has 0 aliphatic heterocycles. The van der Waals surface area contributed by atoms with Gasteiger partial charge in [-0.05, 0) is 34.1 Å². The summed E-state index contributed by atoms with van der Waals surface area (Å²) in [6.45, 7) is 0. The minimum absolute atomic E-state index is 0.00288. The third-order valence-corrected chi connectivity index (χ3v) is 9.55. The Bertz CT molecular complexity index is 1910. The fourth-order valence-corrected chi connectivity index (χ4v) is 6.51. The molecule has 2 heterocycles. The van der Waals surface area contributed by atoms with Crippen molar-refractivity contribution in [2.24, 2.45) is 0 Å². The summed E-state index contributed by atoms with van der Waals surface area (Å²) in [7, 11) is 76.6. The molecule has 23 heteroatoms. The van der Waals surface area contributed by atoms with E-state index < -0.39 is 40.2 Å². The van der Waals surface area contributed by atoms with Crippen molar-refractivity contribution in [2.75, 3.05) is 5.73 Å². The normalized spacial score (nSPS) is 13.4. The summed E-state index contributed by atoms with van der Waals surface area (Å²) in [6, 6.07) is 9.81. The van der Waals surface area contributed by atoms with E-state index in [0.29, 0.717) is 11.1 Å². The molecule has 0 saturated carbocycles. The molecule has 2 aromatic heterocycles. The number of nitrogens with one attached hydrogen (secondary N) is 1. The Morgan fingerprint density at radius 1 is 0.787 bits per heavy atom. The molecule has 0 bridgehead atoms. The monoisotopic (exact) mass is 603 g/mol. The van der Waals surface area contributed by atoms with Crippen LogP contribution >= 0.6 is 0 Å². The standard InChI is InChI=1S/C24H11B14N5O3S/c25-13-7-11(47(44,45)21(29,22(30,31)32)23(33,34)35)5-6-12(13)14-8-40-19(39)17(41-14)18-15(26)16(42-46-18)9-1-3-10(4-2-9)20(27,28)43-24(36,37)38/h1-8,43H,(H2,39,40). The number of benzene rings is 2. The van der Waals surface area contributed by atoms with E-state index in [9.17, 15) is 8.42 Å². The van der Waals surface area contributed by atoms with Gasteiger partial charge in [-0.1, -0.05) is 46.2 Å². The number of aromatic nitrogens is 3. The maximum absolute atomic E-state index is 13.5. The van der Waals surface area contributed by atoms with Crippen LogP contribution in [0.25, 0.3) is 34.0 Å². The highest BCUT2D eigenvalue weighted by atomic mass is 32.2. The Morgan fingerprint density at radius 3 is 1.87 bits per heavy atom. The molecule has 0 spiro atoms. The number of anilines is 1. The first-order chi connectivity index (χ1) is 21.3. The molecular formula is C24H11B14N5O3S. The van der Waals surface area contributed by atoms with Gasteiger partial charge in [0.2, 0.25) is 0 Å². The predicted molar refractivity (Wildman–Crippen MR) is 195 cm³/mol.